The Kier molecular flexibility index (Phi) is 5.18. The van der Waals surface area contributed by atoms with Crippen LogP contribution >= 0.6 is 0 Å². The Balaban J connectivity index is 1.36. The van der Waals surface area contributed by atoms with Gasteiger partial charge in [-0.3, -0.25) is 0 Å². The molecule has 5 rings (SSSR count). The average molecular weight is 400 g/mol. The fourth-order valence-electron chi connectivity index (χ4n) is 3.38. The lowest BCUT2D eigenvalue weighted by Gasteiger charge is -2.03. The Hall–Kier alpha value is -4.31. The maximum absolute atomic E-state index is 4.59. The second-order valence-corrected chi connectivity index (χ2v) is 7.18. The summed E-state index contributed by atoms with van der Waals surface area (Å²) in [6.45, 7) is 0. The maximum Gasteiger partial charge on any atom is 0.205 e. The molecule has 0 amide bonds. The molecule has 0 aliphatic carbocycles. The highest BCUT2D eigenvalue weighted by molar-refractivity contribution is 5.71. The highest BCUT2D eigenvalue weighted by Crippen LogP contribution is 2.24. The van der Waals surface area contributed by atoms with Gasteiger partial charge < -0.3 is 0 Å². The van der Waals surface area contributed by atoms with Gasteiger partial charge in [0.1, 0.15) is 0 Å². The third-order valence-electron chi connectivity index (χ3n) is 5.03. The predicted molar refractivity (Wildman–Crippen MR) is 125 cm³/mol. The smallest absolute Gasteiger partial charge is 0.130 e. The number of nitrogens with zero attached hydrogens (tertiary/aromatic N) is 4. The van der Waals surface area contributed by atoms with Crippen molar-refractivity contribution in [3.05, 3.63) is 120 Å². The van der Waals surface area contributed by atoms with Crippen molar-refractivity contribution in [1.29, 1.82) is 0 Å². The second kappa shape index (κ2) is 8.59. The highest BCUT2D eigenvalue weighted by atomic mass is 15.6. The van der Waals surface area contributed by atoms with Gasteiger partial charge in [-0.05, 0) is 45.7 Å². The van der Waals surface area contributed by atoms with E-state index in [-0.39, 0.29) is 0 Å². The van der Waals surface area contributed by atoms with Crippen molar-refractivity contribution in [2.24, 2.45) is 0 Å². The molecule has 1 heterocycles. The lowest BCUT2D eigenvalue weighted by atomic mass is 10.0. The summed E-state index contributed by atoms with van der Waals surface area (Å²) in [5.41, 5.74) is 6.39. The summed E-state index contributed by atoms with van der Waals surface area (Å²) >= 11 is 0. The number of tetrazole rings is 1. The van der Waals surface area contributed by atoms with Gasteiger partial charge in [0.2, 0.25) is 5.82 Å². The minimum atomic E-state index is 0.603. The molecule has 0 atom stereocenters. The molecule has 148 valence electrons. The standard InChI is InChI=1S/C27H20N4/c1-3-8-21(9-4-1)14-15-22-16-18-26(19-17-22)31-29-27(28-30-31)25-13-7-12-24(20-25)23-10-5-2-6-11-23/h1-20H. The molecule has 0 spiro atoms. The van der Waals surface area contributed by atoms with Crippen LogP contribution in [0.4, 0.5) is 0 Å². The first-order chi connectivity index (χ1) is 15.3. The van der Waals surface area contributed by atoms with Gasteiger partial charge in [0.25, 0.3) is 0 Å². The molecular weight excluding hydrogens is 380 g/mol. The quantitative estimate of drug-likeness (QED) is 0.332. The van der Waals surface area contributed by atoms with Crippen molar-refractivity contribution in [2.45, 2.75) is 0 Å². The van der Waals surface area contributed by atoms with Crippen molar-refractivity contribution >= 4 is 12.2 Å². The van der Waals surface area contributed by atoms with Crippen LogP contribution in [-0.4, -0.2) is 20.2 Å². The zero-order valence-electron chi connectivity index (χ0n) is 16.8. The van der Waals surface area contributed by atoms with E-state index in [0.717, 1.165) is 27.9 Å². The average Bonchev–Trinajstić information content (AvgIpc) is 3.35. The van der Waals surface area contributed by atoms with Crippen LogP contribution < -0.4 is 0 Å². The maximum atomic E-state index is 4.59. The van der Waals surface area contributed by atoms with Gasteiger partial charge in [0.05, 0.1) is 5.69 Å². The normalized spacial score (nSPS) is 11.1. The molecule has 4 heteroatoms. The minimum absolute atomic E-state index is 0.603. The molecule has 0 N–H and O–H groups in total. The number of aromatic nitrogens is 4. The van der Waals surface area contributed by atoms with E-state index in [1.807, 2.05) is 72.8 Å². The van der Waals surface area contributed by atoms with Crippen LogP contribution in [0.3, 0.4) is 0 Å². The molecule has 31 heavy (non-hydrogen) atoms. The van der Waals surface area contributed by atoms with E-state index in [4.69, 9.17) is 0 Å². The molecule has 0 fully saturated rings. The summed E-state index contributed by atoms with van der Waals surface area (Å²) in [4.78, 5) is 1.56. The molecule has 4 aromatic carbocycles. The molecule has 0 aliphatic heterocycles. The van der Waals surface area contributed by atoms with E-state index in [2.05, 4.69) is 64.0 Å². The molecule has 0 saturated heterocycles. The number of hydrogen-bond acceptors (Lipinski definition) is 3. The molecule has 0 unspecified atom stereocenters. The summed E-state index contributed by atoms with van der Waals surface area (Å²) in [5.74, 6) is 0.603. The first-order valence-electron chi connectivity index (χ1n) is 10.1. The SMILES string of the molecule is C(=Cc1ccc(-n2nnc(-c3cccc(-c4ccccc4)c3)n2)cc1)c1ccccc1. The Morgan fingerprint density at radius 1 is 0.548 bits per heavy atom. The second-order valence-electron chi connectivity index (χ2n) is 7.18. The van der Waals surface area contributed by atoms with Gasteiger partial charge in [-0.25, -0.2) is 0 Å². The number of rotatable bonds is 5. The molecule has 1 aromatic heterocycles. The molecule has 4 nitrogen and oxygen atoms in total. The van der Waals surface area contributed by atoms with E-state index in [1.165, 1.54) is 5.56 Å². The fraction of sp³-hybridized carbons (Fsp3) is 0. The van der Waals surface area contributed by atoms with Crippen molar-refractivity contribution in [2.75, 3.05) is 0 Å². The Bertz CT molecular complexity index is 1300. The van der Waals surface area contributed by atoms with Gasteiger partial charge in [-0.15, -0.1) is 15.0 Å². The molecule has 0 bridgehead atoms. The van der Waals surface area contributed by atoms with E-state index >= 15 is 0 Å². The Morgan fingerprint density at radius 2 is 1.16 bits per heavy atom. The predicted octanol–water partition coefficient (Wildman–Crippen LogP) is 6.17. The molecular formula is C27H20N4. The zero-order valence-corrected chi connectivity index (χ0v) is 16.8. The topological polar surface area (TPSA) is 43.6 Å². The summed E-state index contributed by atoms with van der Waals surface area (Å²) in [7, 11) is 0. The summed E-state index contributed by atoms with van der Waals surface area (Å²) < 4.78 is 0. The van der Waals surface area contributed by atoms with Crippen LogP contribution in [0.5, 0.6) is 0 Å². The van der Waals surface area contributed by atoms with Crippen molar-refractivity contribution in [3.8, 4) is 28.2 Å². The zero-order chi connectivity index (χ0) is 20.9. The van der Waals surface area contributed by atoms with Crippen molar-refractivity contribution in [3.63, 3.8) is 0 Å². The van der Waals surface area contributed by atoms with Crippen LogP contribution in [0.2, 0.25) is 0 Å². The van der Waals surface area contributed by atoms with Crippen LogP contribution in [0, 0.1) is 0 Å². The minimum Gasteiger partial charge on any atom is -0.130 e. The largest absolute Gasteiger partial charge is 0.205 e. The van der Waals surface area contributed by atoms with E-state index < -0.39 is 0 Å². The van der Waals surface area contributed by atoms with Gasteiger partial charge in [0, 0.05) is 5.56 Å². The first-order valence-corrected chi connectivity index (χ1v) is 10.1. The van der Waals surface area contributed by atoms with Crippen molar-refractivity contribution < 1.29 is 0 Å². The van der Waals surface area contributed by atoms with Crippen molar-refractivity contribution in [1.82, 2.24) is 20.2 Å². The van der Waals surface area contributed by atoms with Crippen LogP contribution in [0.25, 0.3) is 40.4 Å². The van der Waals surface area contributed by atoms with Gasteiger partial charge in [-0.2, -0.15) is 0 Å². The van der Waals surface area contributed by atoms with E-state index in [1.54, 1.807) is 4.80 Å². The molecule has 5 aromatic rings. The Morgan fingerprint density at radius 3 is 1.90 bits per heavy atom. The summed E-state index contributed by atoms with van der Waals surface area (Å²) in [5, 5.41) is 13.1. The Labute approximate surface area is 181 Å². The lowest BCUT2D eigenvalue weighted by molar-refractivity contribution is 0.720. The van der Waals surface area contributed by atoms with Gasteiger partial charge in [-0.1, -0.05) is 103 Å². The first kappa shape index (κ1) is 18.7. The monoisotopic (exact) mass is 400 g/mol. The molecule has 0 radical (unpaired) electrons. The lowest BCUT2D eigenvalue weighted by Crippen LogP contribution is -1.98. The molecule has 0 aliphatic rings. The van der Waals surface area contributed by atoms with E-state index in [0.29, 0.717) is 5.82 Å². The third-order valence-corrected chi connectivity index (χ3v) is 5.03. The van der Waals surface area contributed by atoms with Crippen LogP contribution in [0.15, 0.2) is 109 Å². The third kappa shape index (κ3) is 4.33. The highest BCUT2D eigenvalue weighted by Gasteiger charge is 2.08. The number of hydrogen-bond donors (Lipinski definition) is 0. The summed E-state index contributed by atoms with van der Waals surface area (Å²) in [6, 6.07) is 36.8. The van der Waals surface area contributed by atoms with Gasteiger partial charge in [0.15, 0.2) is 0 Å². The van der Waals surface area contributed by atoms with E-state index in [9.17, 15) is 0 Å². The van der Waals surface area contributed by atoms with Gasteiger partial charge >= 0.3 is 0 Å². The van der Waals surface area contributed by atoms with Crippen LogP contribution in [0.1, 0.15) is 11.1 Å². The van der Waals surface area contributed by atoms with Crippen LogP contribution in [-0.2, 0) is 0 Å². The fourth-order valence-corrected chi connectivity index (χ4v) is 3.38. The number of benzene rings is 4. The molecule has 0 saturated carbocycles. The summed E-state index contributed by atoms with van der Waals surface area (Å²) in [6.07, 6.45) is 4.19.